The maximum absolute atomic E-state index is 12.0. The Morgan fingerprint density at radius 3 is 2.76 bits per heavy atom. The zero-order valence-electron chi connectivity index (χ0n) is 11.0. The van der Waals surface area contributed by atoms with Crippen molar-refractivity contribution in [2.45, 2.75) is 18.9 Å². The Balaban J connectivity index is 2.10. The standard InChI is InChI=1S/C13H14N4O4/c14-10(18)5-4-8(13(20)21)16-12(19)9-7-17-6-2-1-3-11(17)15-9/h1-3,6-8H,4-5H2,(H2,14,18)(H,16,19)(H,20,21)/t8-/m1/s1. The summed E-state index contributed by atoms with van der Waals surface area (Å²) in [6.07, 6.45) is 3.03. The third-order valence-electron chi connectivity index (χ3n) is 2.88. The number of carbonyl (C=O) groups excluding carboxylic acids is 2. The van der Waals surface area contributed by atoms with E-state index in [1.165, 1.54) is 6.20 Å². The lowest BCUT2D eigenvalue weighted by molar-refractivity contribution is -0.139. The molecular formula is C13H14N4O4. The van der Waals surface area contributed by atoms with E-state index in [-0.39, 0.29) is 18.5 Å². The number of aliphatic carboxylic acids is 1. The minimum absolute atomic E-state index is 0.0657. The molecular weight excluding hydrogens is 276 g/mol. The van der Waals surface area contributed by atoms with Crippen LogP contribution in [0.25, 0.3) is 5.65 Å². The van der Waals surface area contributed by atoms with Crippen molar-refractivity contribution in [3.05, 3.63) is 36.3 Å². The molecule has 0 bridgehead atoms. The summed E-state index contributed by atoms with van der Waals surface area (Å²) in [6.45, 7) is 0. The van der Waals surface area contributed by atoms with Crippen molar-refractivity contribution in [3.8, 4) is 0 Å². The molecule has 0 aromatic carbocycles. The average Bonchev–Trinajstić information content (AvgIpc) is 2.86. The van der Waals surface area contributed by atoms with Crippen molar-refractivity contribution >= 4 is 23.4 Å². The number of hydrogen-bond donors (Lipinski definition) is 3. The lowest BCUT2D eigenvalue weighted by atomic mass is 10.1. The predicted molar refractivity (Wildman–Crippen MR) is 72.5 cm³/mol. The Morgan fingerprint density at radius 1 is 1.38 bits per heavy atom. The number of primary amides is 1. The topological polar surface area (TPSA) is 127 Å². The molecule has 2 rings (SSSR count). The van der Waals surface area contributed by atoms with Crippen LogP contribution in [0.2, 0.25) is 0 Å². The van der Waals surface area contributed by atoms with Gasteiger partial charge in [-0.25, -0.2) is 9.78 Å². The molecule has 2 aromatic heterocycles. The van der Waals surface area contributed by atoms with Gasteiger partial charge in [-0.2, -0.15) is 0 Å². The first-order valence-electron chi connectivity index (χ1n) is 6.23. The van der Waals surface area contributed by atoms with Gasteiger partial charge in [0, 0.05) is 18.8 Å². The third-order valence-corrected chi connectivity index (χ3v) is 2.88. The van der Waals surface area contributed by atoms with E-state index in [1.807, 2.05) is 0 Å². The number of fused-ring (bicyclic) bond motifs is 1. The number of pyridine rings is 1. The van der Waals surface area contributed by atoms with Crippen molar-refractivity contribution in [1.29, 1.82) is 0 Å². The number of aromatic nitrogens is 2. The average molecular weight is 290 g/mol. The number of nitrogens with one attached hydrogen (secondary N) is 1. The summed E-state index contributed by atoms with van der Waals surface area (Å²) in [5.41, 5.74) is 5.65. The van der Waals surface area contributed by atoms with E-state index < -0.39 is 23.8 Å². The van der Waals surface area contributed by atoms with Gasteiger partial charge in [-0.05, 0) is 18.6 Å². The smallest absolute Gasteiger partial charge is 0.326 e. The Bertz CT molecular complexity index is 661. The van der Waals surface area contributed by atoms with Crippen LogP contribution in [0.4, 0.5) is 0 Å². The van der Waals surface area contributed by atoms with E-state index in [4.69, 9.17) is 10.8 Å². The summed E-state index contributed by atoms with van der Waals surface area (Å²) in [7, 11) is 0. The summed E-state index contributed by atoms with van der Waals surface area (Å²) in [5.74, 6) is -2.47. The molecule has 0 saturated heterocycles. The molecule has 1 atom stereocenters. The fourth-order valence-electron chi connectivity index (χ4n) is 1.82. The lowest BCUT2D eigenvalue weighted by Gasteiger charge is -2.12. The molecule has 2 aromatic rings. The van der Waals surface area contributed by atoms with Crippen LogP contribution in [0.5, 0.6) is 0 Å². The van der Waals surface area contributed by atoms with E-state index >= 15 is 0 Å². The highest BCUT2D eigenvalue weighted by Gasteiger charge is 2.22. The molecule has 0 fully saturated rings. The second-order valence-corrected chi connectivity index (χ2v) is 4.46. The molecule has 0 spiro atoms. The number of carboxylic acids is 1. The molecule has 4 N–H and O–H groups in total. The minimum atomic E-state index is -1.23. The summed E-state index contributed by atoms with van der Waals surface area (Å²) < 4.78 is 1.65. The van der Waals surface area contributed by atoms with E-state index in [0.717, 1.165) is 0 Å². The number of carboxylic acid groups (broad SMARTS) is 1. The number of amides is 2. The largest absolute Gasteiger partial charge is 0.480 e. The first kappa shape index (κ1) is 14.5. The Kier molecular flexibility index (Phi) is 4.17. The molecule has 2 amide bonds. The van der Waals surface area contributed by atoms with Gasteiger partial charge in [-0.15, -0.1) is 0 Å². The molecule has 21 heavy (non-hydrogen) atoms. The zero-order valence-corrected chi connectivity index (χ0v) is 11.0. The van der Waals surface area contributed by atoms with Gasteiger partial charge in [0.05, 0.1) is 0 Å². The quantitative estimate of drug-likeness (QED) is 0.678. The van der Waals surface area contributed by atoms with Gasteiger partial charge in [-0.3, -0.25) is 9.59 Å². The van der Waals surface area contributed by atoms with Gasteiger partial charge in [0.1, 0.15) is 17.4 Å². The van der Waals surface area contributed by atoms with Crippen LogP contribution in [0.1, 0.15) is 23.3 Å². The molecule has 0 radical (unpaired) electrons. The SMILES string of the molecule is NC(=O)CC[C@@H](NC(=O)c1cn2ccccc2n1)C(=O)O. The van der Waals surface area contributed by atoms with Gasteiger partial charge in [0.15, 0.2) is 0 Å². The van der Waals surface area contributed by atoms with Crippen LogP contribution in [-0.4, -0.2) is 38.3 Å². The summed E-state index contributed by atoms with van der Waals surface area (Å²) in [4.78, 5) is 37.9. The Morgan fingerprint density at radius 2 is 2.14 bits per heavy atom. The highest BCUT2D eigenvalue weighted by molar-refractivity contribution is 5.95. The second-order valence-electron chi connectivity index (χ2n) is 4.46. The van der Waals surface area contributed by atoms with Crippen molar-refractivity contribution in [3.63, 3.8) is 0 Å². The van der Waals surface area contributed by atoms with Crippen molar-refractivity contribution in [1.82, 2.24) is 14.7 Å². The number of imidazole rings is 1. The van der Waals surface area contributed by atoms with Gasteiger partial charge in [0.25, 0.3) is 5.91 Å². The lowest BCUT2D eigenvalue weighted by Crippen LogP contribution is -2.41. The van der Waals surface area contributed by atoms with Crippen LogP contribution in [0.3, 0.4) is 0 Å². The molecule has 110 valence electrons. The zero-order chi connectivity index (χ0) is 15.4. The Hall–Kier alpha value is -2.90. The highest BCUT2D eigenvalue weighted by atomic mass is 16.4. The van der Waals surface area contributed by atoms with Crippen LogP contribution in [0.15, 0.2) is 30.6 Å². The normalized spacial score (nSPS) is 12.0. The van der Waals surface area contributed by atoms with Crippen molar-refractivity contribution in [2.24, 2.45) is 5.73 Å². The van der Waals surface area contributed by atoms with Gasteiger partial charge in [0.2, 0.25) is 5.91 Å². The number of nitrogens with zero attached hydrogens (tertiary/aromatic N) is 2. The van der Waals surface area contributed by atoms with Crippen LogP contribution >= 0.6 is 0 Å². The maximum Gasteiger partial charge on any atom is 0.326 e. The molecule has 0 aliphatic rings. The van der Waals surface area contributed by atoms with Crippen molar-refractivity contribution < 1.29 is 19.5 Å². The molecule has 8 heteroatoms. The minimum Gasteiger partial charge on any atom is -0.480 e. The summed E-state index contributed by atoms with van der Waals surface area (Å²) >= 11 is 0. The van der Waals surface area contributed by atoms with E-state index in [9.17, 15) is 14.4 Å². The molecule has 0 aliphatic carbocycles. The monoisotopic (exact) mass is 290 g/mol. The first-order chi connectivity index (χ1) is 9.97. The first-order valence-corrected chi connectivity index (χ1v) is 6.23. The van der Waals surface area contributed by atoms with Crippen LogP contribution in [0, 0.1) is 0 Å². The number of hydrogen-bond acceptors (Lipinski definition) is 4. The van der Waals surface area contributed by atoms with Gasteiger partial charge in [-0.1, -0.05) is 6.07 Å². The van der Waals surface area contributed by atoms with Crippen molar-refractivity contribution in [2.75, 3.05) is 0 Å². The van der Waals surface area contributed by atoms with E-state index in [0.29, 0.717) is 5.65 Å². The van der Waals surface area contributed by atoms with Crippen LogP contribution < -0.4 is 11.1 Å². The predicted octanol–water partition coefficient (Wildman–Crippen LogP) is -0.217. The third kappa shape index (κ3) is 3.56. The summed E-state index contributed by atoms with van der Waals surface area (Å²) in [6, 6.07) is 4.09. The Labute approximate surface area is 119 Å². The number of nitrogens with two attached hydrogens (primary N) is 1. The number of carbonyl (C=O) groups is 3. The molecule has 0 unspecified atom stereocenters. The fourth-order valence-corrected chi connectivity index (χ4v) is 1.82. The number of rotatable bonds is 6. The van der Waals surface area contributed by atoms with Gasteiger partial charge >= 0.3 is 5.97 Å². The maximum atomic E-state index is 12.0. The summed E-state index contributed by atoms with van der Waals surface area (Å²) in [5, 5.41) is 11.4. The molecule has 0 saturated carbocycles. The molecule has 2 heterocycles. The van der Waals surface area contributed by atoms with E-state index in [2.05, 4.69) is 10.3 Å². The second kappa shape index (κ2) is 6.04. The fraction of sp³-hybridized carbons (Fsp3) is 0.231. The van der Waals surface area contributed by atoms with Crippen LogP contribution in [-0.2, 0) is 9.59 Å². The molecule has 0 aliphatic heterocycles. The van der Waals surface area contributed by atoms with E-state index in [1.54, 1.807) is 28.8 Å². The van der Waals surface area contributed by atoms with Gasteiger partial charge < -0.3 is 20.6 Å². The molecule has 8 nitrogen and oxygen atoms in total. The highest BCUT2D eigenvalue weighted by Crippen LogP contribution is 2.06.